The van der Waals surface area contributed by atoms with Crippen molar-refractivity contribution in [1.82, 2.24) is 9.80 Å². The lowest BCUT2D eigenvalue weighted by atomic mass is 10.1. The number of benzene rings is 2. The van der Waals surface area contributed by atoms with E-state index in [0.717, 1.165) is 22.8 Å². The van der Waals surface area contributed by atoms with Crippen molar-refractivity contribution in [2.24, 2.45) is 0 Å². The van der Waals surface area contributed by atoms with Gasteiger partial charge in [0.25, 0.3) is 0 Å². The van der Waals surface area contributed by atoms with E-state index in [0.29, 0.717) is 26.2 Å². The third-order valence-corrected chi connectivity index (χ3v) is 7.17. The fraction of sp³-hybridized carbons (Fsp3) is 0.364. The second-order valence-corrected chi connectivity index (χ2v) is 9.08. The number of anilines is 1. The SMILES string of the molecule is O=C(CN1CCN(c2ccccc2F)C1=O)N1CCSC(c2ccccc2Cl)CC1. The second-order valence-electron chi connectivity index (χ2n) is 7.36. The van der Waals surface area contributed by atoms with Gasteiger partial charge >= 0.3 is 6.03 Å². The Morgan fingerprint density at radius 1 is 1.07 bits per heavy atom. The van der Waals surface area contributed by atoms with E-state index in [1.54, 1.807) is 30.0 Å². The Labute approximate surface area is 184 Å². The van der Waals surface area contributed by atoms with Crippen molar-refractivity contribution < 1.29 is 14.0 Å². The van der Waals surface area contributed by atoms with Gasteiger partial charge in [0.2, 0.25) is 5.91 Å². The van der Waals surface area contributed by atoms with Crippen LogP contribution in [0.4, 0.5) is 14.9 Å². The summed E-state index contributed by atoms with van der Waals surface area (Å²) in [5.74, 6) is 0.310. The molecule has 30 heavy (non-hydrogen) atoms. The van der Waals surface area contributed by atoms with E-state index < -0.39 is 5.82 Å². The highest BCUT2D eigenvalue weighted by molar-refractivity contribution is 7.99. The molecular formula is C22H23ClFN3O2S. The molecule has 1 atom stereocenters. The smallest absolute Gasteiger partial charge is 0.325 e. The predicted molar refractivity (Wildman–Crippen MR) is 119 cm³/mol. The minimum Gasteiger partial charge on any atom is -0.340 e. The van der Waals surface area contributed by atoms with Gasteiger partial charge in [0.05, 0.1) is 5.69 Å². The Morgan fingerprint density at radius 3 is 2.63 bits per heavy atom. The van der Waals surface area contributed by atoms with Crippen molar-refractivity contribution >= 4 is 41.0 Å². The van der Waals surface area contributed by atoms with E-state index in [1.165, 1.54) is 15.9 Å². The number of hydrogen-bond donors (Lipinski definition) is 0. The molecule has 5 nitrogen and oxygen atoms in total. The summed E-state index contributed by atoms with van der Waals surface area (Å²) in [4.78, 5) is 30.3. The van der Waals surface area contributed by atoms with Crippen LogP contribution >= 0.6 is 23.4 Å². The molecule has 8 heteroatoms. The van der Waals surface area contributed by atoms with Crippen molar-refractivity contribution in [3.8, 4) is 0 Å². The Hall–Kier alpha value is -2.25. The Bertz CT molecular complexity index is 944. The molecule has 2 aromatic carbocycles. The van der Waals surface area contributed by atoms with Gasteiger partial charge in [-0.2, -0.15) is 11.8 Å². The topological polar surface area (TPSA) is 43.9 Å². The van der Waals surface area contributed by atoms with Crippen molar-refractivity contribution in [3.63, 3.8) is 0 Å². The van der Waals surface area contributed by atoms with Gasteiger partial charge in [-0.1, -0.05) is 41.9 Å². The van der Waals surface area contributed by atoms with Crippen LogP contribution in [-0.2, 0) is 4.79 Å². The lowest BCUT2D eigenvalue weighted by Gasteiger charge is -2.24. The number of para-hydroxylation sites is 1. The lowest BCUT2D eigenvalue weighted by molar-refractivity contribution is -0.131. The number of rotatable bonds is 4. The van der Waals surface area contributed by atoms with Crippen LogP contribution in [0.15, 0.2) is 48.5 Å². The minimum atomic E-state index is -0.436. The average molecular weight is 448 g/mol. The highest BCUT2D eigenvalue weighted by Crippen LogP contribution is 2.37. The first-order valence-electron chi connectivity index (χ1n) is 9.99. The van der Waals surface area contributed by atoms with Crippen LogP contribution in [0, 0.1) is 5.82 Å². The highest BCUT2D eigenvalue weighted by atomic mass is 35.5. The van der Waals surface area contributed by atoms with Crippen LogP contribution in [0.3, 0.4) is 0 Å². The Morgan fingerprint density at radius 2 is 1.83 bits per heavy atom. The third kappa shape index (κ3) is 4.42. The first-order valence-corrected chi connectivity index (χ1v) is 11.4. The first-order chi connectivity index (χ1) is 14.5. The highest BCUT2D eigenvalue weighted by Gasteiger charge is 2.33. The van der Waals surface area contributed by atoms with E-state index in [2.05, 4.69) is 0 Å². The summed E-state index contributed by atoms with van der Waals surface area (Å²) in [6.07, 6.45) is 0.815. The number of carbonyl (C=O) groups is 2. The van der Waals surface area contributed by atoms with Crippen LogP contribution < -0.4 is 4.90 Å². The second kappa shape index (κ2) is 9.27. The minimum absolute atomic E-state index is 0.0191. The van der Waals surface area contributed by atoms with Crippen LogP contribution in [0.1, 0.15) is 17.2 Å². The zero-order chi connectivity index (χ0) is 21.1. The summed E-state index contributed by atoms with van der Waals surface area (Å²) in [6, 6.07) is 13.7. The molecule has 0 spiro atoms. The number of carbonyl (C=O) groups excluding carboxylic acids is 2. The molecule has 0 aromatic heterocycles. The van der Waals surface area contributed by atoms with Gasteiger partial charge in [-0.25, -0.2) is 9.18 Å². The van der Waals surface area contributed by atoms with Gasteiger partial charge in [0, 0.05) is 42.2 Å². The quantitative estimate of drug-likeness (QED) is 0.696. The van der Waals surface area contributed by atoms with Gasteiger partial charge in [0.1, 0.15) is 12.4 Å². The van der Waals surface area contributed by atoms with Crippen LogP contribution in [0.2, 0.25) is 5.02 Å². The van der Waals surface area contributed by atoms with Crippen LogP contribution in [0.25, 0.3) is 0 Å². The van der Waals surface area contributed by atoms with E-state index in [1.807, 2.05) is 29.2 Å². The largest absolute Gasteiger partial charge is 0.340 e. The fourth-order valence-electron chi connectivity index (χ4n) is 3.89. The molecule has 4 rings (SSSR count). The van der Waals surface area contributed by atoms with Crippen LogP contribution in [-0.4, -0.2) is 60.2 Å². The van der Waals surface area contributed by atoms with Crippen molar-refractivity contribution in [2.45, 2.75) is 11.7 Å². The number of amides is 3. The number of urea groups is 1. The maximum atomic E-state index is 14.0. The summed E-state index contributed by atoms with van der Waals surface area (Å²) < 4.78 is 14.0. The molecule has 0 aliphatic carbocycles. The molecule has 3 amide bonds. The molecule has 158 valence electrons. The fourth-order valence-corrected chi connectivity index (χ4v) is 5.49. The molecule has 2 aromatic rings. The van der Waals surface area contributed by atoms with E-state index in [-0.39, 0.29) is 29.4 Å². The normalized spacial score (nSPS) is 19.9. The predicted octanol–water partition coefficient (Wildman–Crippen LogP) is 4.43. The van der Waals surface area contributed by atoms with E-state index in [4.69, 9.17) is 11.6 Å². The Kier molecular flexibility index (Phi) is 6.49. The van der Waals surface area contributed by atoms with Gasteiger partial charge in [-0.15, -0.1) is 0 Å². The lowest BCUT2D eigenvalue weighted by Crippen LogP contribution is -2.43. The third-order valence-electron chi connectivity index (χ3n) is 5.51. The number of hydrogen-bond acceptors (Lipinski definition) is 3. The van der Waals surface area contributed by atoms with Gasteiger partial charge in [0.15, 0.2) is 0 Å². The summed E-state index contributed by atoms with van der Waals surface area (Å²) >= 11 is 8.15. The maximum Gasteiger partial charge on any atom is 0.325 e. The molecule has 1 unspecified atom stereocenters. The molecule has 2 fully saturated rings. The zero-order valence-corrected chi connectivity index (χ0v) is 18.0. The van der Waals surface area contributed by atoms with Gasteiger partial charge in [-0.3, -0.25) is 9.69 Å². The average Bonchev–Trinajstić information content (AvgIpc) is 2.94. The van der Waals surface area contributed by atoms with Gasteiger partial charge < -0.3 is 9.80 Å². The monoisotopic (exact) mass is 447 g/mol. The molecule has 0 radical (unpaired) electrons. The number of nitrogens with zero attached hydrogens (tertiary/aromatic N) is 3. The standard InChI is InChI=1S/C22H23ClFN3O2S/c23-17-6-2-1-5-16(17)20-9-10-25(13-14-30-20)21(28)15-26-11-12-27(22(26)29)19-8-4-3-7-18(19)24/h1-8,20H,9-15H2. The summed E-state index contributed by atoms with van der Waals surface area (Å²) in [5, 5.41) is 1.01. The van der Waals surface area contributed by atoms with E-state index in [9.17, 15) is 14.0 Å². The number of thioether (sulfide) groups is 1. The molecule has 2 heterocycles. The van der Waals surface area contributed by atoms with E-state index >= 15 is 0 Å². The summed E-state index contributed by atoms with van der Waals surface area (Å²) in [5.41, 5.74) is 1.36. The molecule has 0 N–H and O–H groups in total. The molecule has 0 saturated carbocycles. The summed E-state index contributed by atoms with van der Waals surface area (Å²) in [7, 11) is 0. The first kappa shape index (κ1) is 21.0. The van der Waals surface area contributed by atoms with Crippen molar-refractivity contribution in [2.75, 3.05) is 43.4 Å². The molecular weight excluding hydrogens is 425 g/mol. The Balaban J connectivity index is 1.36. The van der Waals surface area contributed by atoms with Gasteiger partial charge in [-0.05, 0) is 30.2 Å². The molecule has 2 aliphatic heterocycles. The molecule has 0 bridgehead atoms. The summed E-state index contributed by atoms with van der Waals surface area (Å²) in [6.45, 7) is 2.07. The maximum absolute atomic E-state index is 14.0. The van der Waals surface area contributed by atoms with Crippen molar-refractivity contribution in [3.05, 3.63) is 64.9 Å². The van der Waals surface area contributed by atoms with Crippen molar-refractivity contribution in [1.29, 1.82) is 0 Å². The molecule has 2 saturated heterocycles. The number of halogens is 2. The molecule has 2 aliphatic rings. The zero-order valence-electron chi connectivity index (χ0n) is 16.5. The van der Waals surface area contributed by atoms with Crippen LogP contribution in [0.5, 0.6) is 0 Å².